The van der Waals surface area contributed by atoms with Gasteiger partial charge in [0.15, 0.2) is 5.12 Å². The molecule has 2 rings (SSSR count). The summed E-state index contributed by atoms with van der Waals surface area (Å²) in [7, 11) is 0. The molecule has 0 aromatic rings. The van der Waals surface area contributed by atoms with Crippen LogP contribution in [-0.4, -0.2) is 10.4 Å². The molecular formula is C7H5BrOS2. The van der Waals surface area contributed by atoms with Gasteiger partial charge in [0.2, 0.25) is 0 Å². The summed E-state index contributed by atoms with van der Waals surface area (Å²) < 4.78 is 0. The Morgan fingerprint density at radius 2 is 2.55 bits per heavy atom. The van der Waals surface area contributed by atoms with E-state index in [2.05, 4.69) is 22.0 Å². The number of rotatable bonds is 0. The molecule has 58 valence electrons. The first kappa shape index (κ1) is 7.95. The second-order valence-corrected chi connectivity index (χ2v) is 5.21. The molecule has 0 radical (unpaired) electrons. The van der Waals surface area contributed by atoms with Gasteiger partial charge in [-0.3, -0.25) is 4.79 Å². The summed E-state index contributed by atoms with van der Waals surface area (Å²) >= 11 is 6.44. The molecule has 0 aliphatic carbocycles. The van der Waals surface area contributed by atoms with Crippen LogP contribution in [0.15, 0.2) is 20.9 Å². The highest BCUT2D eigenvalue weighted by molar-refractivity contribution is 9.11. The second kappa shape index (κ2) is 2.99. The average Bonchev–Trinajstić information content (AvgIpc) is 2.43. The minimum absolute atomic E-state index is 0.308. The zero-order chi connectivity index (χ0) is 7.84. The lowest BCUT2D eigenvalue weighted by Crippen LogP contribution is -1.93. The molecule has 0 spiro atoms. The maximum absolute atomic E-state index is 10.9. The van der Waals surface area contributed by atoms with E-state index in [1.54, 1.807) is 11.8 Å². The van der Waals surface area contributed by atoms with E-state index in [4.69, 9.17) is 0 Å². The van der Waals surface area contributed by atoms with Crippen LogP contribution in [0.25, 0.3) is 0 Å². The van der Waals surface area contributed by atoms with Gasteiger partial charge in [0.1, 0.15) is 0 Å². The number of allylic oxidation sites excluding steroid dienone is 1. The van der Waals surface area contributed by atoms with Crippen LogP contribution in [0.4, 0.5) is 0 Å². The number of halogens is 1. The number of carbonyl (C=O) groups excluding carboxylic acids is 1. The van der Waals surface area contributed by atoms with Crippen LogP contribution in [0.5, 0.6) is 0 Å². The number of fused-ring (bicyclic) bond motifs is 1. The SMILES string of the molecule is O=C1CC2S/C(=C/Br)C=C2S1. The monoisotopic (exact) mass is 248 g/mol. The lowest BCUT2D eigenvalue weighted by molar-refractivity contribution is -0.110. The fourth-order valence-electron chi connectivity index (χ4n) is 1.11. The summed E-state index contributed by atoms with van der Waals surface area (Å²) in [5, 5.41) is 0.735. The zero-order valence-electron chi connectivity index (χ0n) is 5.54. The van der Waals surface area contributed by atoms with Crippen LogP contribution in [0.1, 0.15) is 6.42 Å². The molecule has 1 atom stereocenters. The molecule has 0 N–H and O–H groups in total. The molecule has 2 aliphatic heterocycles. The van der Waals surface area contributed by atoms with Crippen molar-refractivity contribution in [3.63, 3.8) is 0 Å². The molecule has 0 aromatic heterocycles. The molecule has 0 aromatic carbocycles. The Hall–Kier alpha value is 0.330. The van der Waals surface area contributed by atoms with E-state index in [1.165, 1.54) is 21.6 Å². The van der Waals surface area contributed by atoms with Crippen molar-refractivity contribution in [2.45, 2.75) is 11.7 Å². The third-order valence-electron chi connectivity index (χ3n) is 1.57. The molecule has 0 bridgehead atoms. The lowest BCUT2D eigenvalue weighted by Gasteiger charge is -1.97. The lowest BCUT2D eigenvalue weighted by atomic mass is 10.3. The van der Waals surface area contributed by atoms with Crippen LogP contribution in [0, 0.1) is 0 Å². The summed E-state index contributed by atoms with van der Waals surface area (Å²) in [5.41, 5.74) is 0. The van der Waals surface area contributed by atoms with E-state index >= 15 is 0 Å². The van der Waals surface area contributed by atoms with Crippen molar-refractivity contribution < 1.29 is 4.79 Å². The van der Waals surface area contributed by atoms with E-state index in [1.807, 2.05) is 4.99 Å². The Morgan fingerprint density at radius 1 is 1.73 bits per heavy atom. The quantitative estimate of drug-likeness (QED) is 0.657. The first-order chi connectivity index (χ1) is 5.29. The fraction of sp³-hybridized carbons (Fsp3) is 0.286. The van der Waals surface area contributed by atoms with Crippen LogP contribution in [-0.2, 0) is 4.79 Å². The molecule has 1 fully saturated rings. The summed E-state index contributed by atoms with van der Waals surface area (Å²) in [6, 6.07) is 0. The van der Waals surface area contributed by atoms with E-state index in [9.17, 15) is 4.79 Å². The van der Waals surface area contributed by atoms with E-state index in [-0.39, 0.29) is 0 Å². The third-order valence-corrected chi connectivity index (χ3v) is 4.76. The van der Waals surface area contributed by atoms with Gasteiger partial charge in [0.05, 0.1) is 0 Å². The molecule has 1 unspecified atom stereocenters. The minimum atomic E-state index is 0.308. The molecule has 2 heterocycles. The number of thioether (sulfide) groups is 2. The molecule has 1 saturated heterocycles. The second-order valence-electron chi connectivity index (χ2n) is 2.34. The van der Waals surface area contributed by atoms with Crippen LogP contribution < -0.4 is 0 Å². The van der Waals surface area contributed by atoms with Crippen molar-refractivity contribution in [1.29, 1.82) is 0 Å². The predicted octanol–water partition coefficient (Wildman–Crippen LogP) is 2.89. The van der Waals surface area contributed by atoms with Gasteiger partial charge in [-0.25, -0.2) is 0 Å². The van der Waals surface area contributed by atoms with Crippen molar-refractivity contribution in [2.24, 2.45) is 0 Å². The van der Waals surface area contributed by atoms with Crippen molar-refractivity contribution in [3.05, 3.63) is 20.9 Å². The third kappa shape index (κ3) is 1.44. The van der Waals surface area contributed by atoms with Gasteiger partial charge in [-0.05, 0) is 11.1 Å². The van der Waals surface area contributed by atoms with Crippen LogP contribution in [0.3, 0.4) is 0 Å². The Labute approximate surface area is 81.8 Å². The molecule has 4 heteroatoms. The van der Waals surface area contributed by atoms with Gasteiger partial charge in [-0.2, -0.15) is 0 Å². The van der Waals surface area contributed by atoms with Crippen molar-refractivity contribution in [1.82, 2.24) is 0 Å². The molecule has 2 aliphatic rings. The minimum Gasteiger partial charge on any atom is -0.287 e. The average molecular weight is 249 g/mol. The molecule has 0 saturated carbocycles. The fourth-order valence-corrected chi connectivity index (χ4v) is 3.94. The first-order valence-corrected chi connectivity index (χ1v) is 5.80. The topological polar surface area (TPSA) is 17.1 Å². The van der Waals surface area contributed by atoms with Crippen molar-refractivity contribution >= 4 is 44.6 Å². The number of hydrogen-bond donors (Lipinski definition) is 0. The standard InChI is InChI=1S/C7H5BrOS2/c8-3-4-1-5-6(10-4)2-7(9)11-5/h1,3,6H,2H2/b4-3+. The molecular weight excluding hydrogens is 244 g/mol. The molecule has 0 amide bonds. The summed E-state index contributed by atoms with van der Waals surface area (Å²) in [6.45, 7) is 0. The number of hydrogen-bond acceptors (Lipinski definition) is 3. The highest BCUT2D eigenvalue weighted by atomic mass is 79.9. The smallest absolute Gasteiger partial charge is 0.194 e. The van der Waals surface area contributed by atoms with Gasteiger partial charge >= 0.3 is 0 Å². The van der Waals surface area contributed by atoms with Gasteiger partial charge in [0, 0.05) is 21.5 Å². The first-order valence-electron chi connectivity index (χ1n) is 3.19. The summed E-state index contributed by atoms with van der Waals surface area (Å²) in [6.07, 6.45) is 2.78. The normalized spacial score (nSPS) is 32.8. The van der Waals surface area contributed by atoms with E-state index in [0.29, 0.717) is 16.8 Å². The maximum atomic E-state index is 10.9. The van der Waals surface area contributed by atoms with Crippen molar-refractivity contribution in [2.75, 3.05) is 0 Å². The zero-order valence-corrected chi connectivity index (χ0v) is 8.76. The maximum Gasteiger partial charge on any atom is 0.194 e. The van der Waals surface area contributed by atoms with Gasteiger partial charge in [-0.15, -0.1) is 11.8 Å². The predicted molar refractivity (Wildman–Crippen MR) is 53.7 cm³/mol. The largest absolute Gasteiger partial charge is 0.287 e. The Bertz CT molecular complexity index is 270. The summed E-state index contributed by atoms with van der Waals surface area (Å²) in [4.78, 5) is 15.3. The highest BCUT2D eigenvalue weighted by Crippen LogP contribution is 2.49. The molecule has 1 nitrogen and oxygen atoms in total. The van der Waals surface area contributed by atoms with Crippen molar-refractivity contribution in [3.8, 4) is 0 Å². The highest BCUT2D eigenvalue weighted by Gasteiger charge is 2.33. The Morgan fingerprint density at radius 3 is 3.18 bits per heavy atom. The Kier molecular flexibility index (Phi) is 2.16. The molecule has 11 heavy (non-hydrogen) atoms. The van der Waals surface area contributed by atoms with E-state index in [0.717, 1.165) is 0 Å². The Balaban J connectivity index is 2.25. The van der Waals surface area contributed by atoms with Gasteiger partial charge < -0.3 is 0 Å². The van der Waals surface area contributed by atoms with Gasteiger partial charge in [0.25, 0.3) is 0 Å². The van der Waals surface area contributed by atoms with E-state index < -0.39 is 0 Å². The van der Waals surface area contributed by atoms with Crippen LogP contribution >= 0.6 is 39.5 Å². The van der Waals surface area contributed by atoms with Crippen LogP contribution in [0.2, 0.25) is 0 Å². The summed E-state index contributed by atoms with van der Waals surface area (Å²) in [5.74, 6) is 0. The number of carbonyl (C=O) groups is 1. The van der Waals surface area contributed by atoms with Gasteiger partial charge in [-0.1, -0.05) is 27.7 Å².